The monoisotopic (exact) mass is 285 g/mol. The lowest BCUT2D eigenvalue weighted by atomic mass is 10.2. The predicted molar refractivity (Wildman–Crippen MR) is 79.0 cm³/mol. The molecule has 3 aromatic rings. The van der Waals surface area contributed by atoms with Gasteiger partial charge in [-0.2, -0.15) is 0 Å². The SMILES string of the molecule is NCc1nc(Oc2cccc3ncccc23)ccc1Cl. The van der Waals surface area contributed by atoms with E-state index in [0.29, 0.717) is 22.3 Å². The maximum atomic E-state index is 5.99. The van der Waals surface area contributed by atoms with E-state index in [0.717, 1.165) is 10.9 Å². The highest BCUT2D eigenvalue weighted by molar-refractivity contribution is 6.31. The van der Waals surface area contributed by atoms with Crippen LogP contribution in [-0.4, -0.2) is 9.97 Å². The minimum Gasteiger partial charge on any atom is -0.438 e. The number of nitrogens with two attached hydrogens (primary N) is 1. The molecule has 20 heavy (non-hydrogen) atoms. The molecule has 5 heteroatoms. The summed E-state index contributed by atoms with van der Waals surface area (Å²) in [5.41, 5.74) is 7.08. The molecule has 0 amide bonds. The summed E-state index contributed by atoms with van der Waals surface area (Å²) in [6.07, 6.45) is 1.75. The Kier molecular flexibility index (Phi) is 3.50. The molecule has 0 saturated heterocycles. The second-order valence-electron chi connectivity index (χ2n) is 4.21. The van der Waals surface area contributed by atoms with Gasteiger partial charge in [-0.1, -0.05) is 17.7 Å². The fourth-order valence-electron chi connectivity index (χ4n) is 1.94. The number of halogens is 1. The van der Waals surface area contributed by atoms with Crippen molar-refractivity contribution in [1.29, 1.82) is 0 Å². The first-order valence-corrected chi connectivity index (χ1v) is 6.53. The van der Waals surface area contributed by atoms with Crippen molar-refractivity contribution >= 4 is 22.5 Å². The lowest BCUT2D eigenvalue weighted by Gasteiger charge is -2.09. The van der Waals surface area contributed by atoms with Gasteiger partial charge in [0.05, 0.1) is 16.2 Å². The molecule has 0 radical (unpaired) electrons. The van der Waals surface area contributed by atoms with Gasteiger partial charge in [0.25, 0.3) is 0 Å². The van der Waals surface area contributed by atoms with E-state index in [1.807, 2.05) is 30.3 Å². The number of hydrogen-bond donors (Lipinski definition) is 1. The summed E-state index contributed by atoms with van der Waals surface area (Å²) in [6, 6.07) is 13.0. The van der Waals surface area contributed by atoms with E-state index in [1.165, 1.54) is 0 Å². The van der Waals surface area contributed by atoms with E-state index < -0.39 is 0 Å². The number of rotatable bonds is 3. The van der Waals surface area contributed by atoms with Crippen LogP contribution in [0.1, 0.15) is 5.69 Å². The summed E-state index contributed by atoms with van der Waals surface area (Å²) in [6.45, 7) is 0.271. The molecule has 0 spiro atoms. The van der Waals surface area contributed by atoms with Gasteiger partial charge in [-0.25, -0.2) is 4.98 Å². The van der Waals surface area contributed by atoms with Crippen molar-refractivity contribution < 1.29 is 4.74 Å². The zero-order chi connectivity index (χ0) is 13.9. The molecular weight excluding hydrogens is 274 g/mol. The quantitative estimate of drug-likeness (QED) is 0.799. The van der Waals surface area contributed by atoms with E-state index in [4.69, 9.17) is 22.1 Å². The minimum absolute atomic E-state index is 0.271. The third-order valence-electron chi connectivity index (χ3n) is 2.91. The summed E-state index contributed by atoms with van der Waals surface area (Å²) in [4.78, 5) is 8.58. The molecule has 0 saturated carbocycles. The van der Waals surface area contributed by atoms with Gasteiger partial charge in [-0.05, 0) is 30.3 Å². The van der Waals surface area contributed by atoms with E-state index in [1.54, 1.807) is 18.3 Å². The number of nitrogens with zero attached hydrogens (tertiary/aromatic N) is 2. The van der Waals surface area contributed by atoms with Crippen LogP contribution in [0.5, 0.6) is 11.6 Å². The van der Waals surface area contributed by atoms with E-state index >= 15 is 0 Å². The fourth-order valence-corrected chi connectivity index (χ4v) is 2.12. The molecule has 100 valence electrons. The molecule has 3 rings (SSSR count). The number of ether oxygens (including phenoxy) is 1. The smallest absolute Gasteiger partial charge is 0.219 e. The molecule has 2 heterocycles. The molecule has 1 aromatic carbocycles. The van der Waals surface area contributed by atoms with Crippen LogP contribution >= 0.6 is 11.6 Å². The van der Waals surface area contributed by atoms with Crippen molar-refractivity contribution in [3.63, 3.8) is 0 Å². The van der Waals surface area contributed by atoms with E-state index in [2.05, 4.69) is 9.97 Å². The van der Waals surface area contributed by atoms with Crippen LogP contribution in [0, 0.1) is 0 Å². The lowest BCUT2D eigenvalue weighted by Crippen LogP contribution is -2.01. The maximum absolute atomic E-state index is 5.99. The summed E-state index contributed by atoms with van der Waals surface area (Å²) >= 11 is 5.99. The Bertz CT molecular complexity index is 756. The molecule has 0 unspecified atom stereocenters. The Balaban J connectivity index is 2.01. The average Bonchev–Trinajstić information content (AvgIpc) is 2.49. The highest BCUT2D eigenvalue weighted by Gasteiger charge is 2.07. The highest BCUT2D eigenvalue weighted by Crippen LogP contribution is 2.28. The Labute approximate surface area is 121 Å². The third-order valence-corrected chi connectivity index (χ3v) is 3.25. The number of fused-ring (bicyclic) bond motifs is 1. The zero-order valence-corrected chi connectivity index (χ0v) is 11.3. The number of benzene rings is 1. The second-order valence-corrected chi connectivity index (χ2v) is 4.62. The summed E-state index contributed by atoms with van der Waals surface area (Å²) in [7, 11) is 0. The average molecular weight is 286 g/mol. The Morgan fingerprint density at radius 2 is 2.00 bits per heavy atom. The minimum atomic E-state index is 0.271. The molecule has 2 N–H and O–H groups in total. The molecule has 0 aliphatic rings. The van der Waals surface area contributed by atoms with Crippen LogP contribution < -0.4 is 10.5 Å². The molecular formula is C15H12ClN3O. The standard InChI is InChI=1S/C15H12ClN3O/c16-11-6-7-15(19-13(11)9-17)20-14-5-1-4-12-10(14)3-2-8-18-12/h1-8H,9,17H2. The predicted octanol–water partition coefficient (Wildman–Crippen LogP) is 3.53. The van der Waals surface area contributed by atoms with Gasteiger partial charge in [0, 0.05) is 24.2 Å². The van der Waals surface area contributed by atoms with Crippen LogP contribution in [0.4, 0.5) is 0 Å². The first kappa shape index (κ1) is 12.8. The first-order valence-electron chi connectivity index (χ1n) is 6.15. The van der Waals surface area contributed by atoms with Crippen LogP contribution in [0.3, 0.4) is 0 Å². The fraction of sp³-hybridized carbons (Fsp3) is 0.0667. The van der Waals surface area contributed by atoms with Gasteiger partial charge in [0.2, 0.25) is 5.88 Å². The molecule has 0 bridgehead atoms. The van der Waals surface area contributed by atoms with Crippen molar-refractivity contribution in [2.75, 3.05) is 0 Å². The Morgan fingerprint density at radius 3 is 2.85 bits per heavy atom. The number of hydrogen-bond acceptors (Lipinski definition) is 4. The normalized spacial score (nSPS) is 10.7. The van der Waals surface area contributed by atoms with Gasteiger partial charge < -0.3 is 10.5 Å². The van der Waals surface area contributed by atoms with Gasteiger partial charge in [0.15, 0.2) is 0 Å². The van der Waals surface area contributed by atoms with Gasteiger partial charge in [-0.15, -0.1) is 0 Å². The van der Waals surface area contributed by atoms with Crippen molar-refractivity contribution in [2.24, 2.45) is 5.73 Å². The number of pyridine rings is 2. The van der Waals surface area contributed by atoms with Crippen LogP contribution in [0.25, 0.3) is 10.9 Å². The third kappa shape index (κ3) is 2.43. The van der Waals surface area contributed by atoms with Gasteiger partial charge in [-0.3, -0.25) is 4.98 Å². The maximum Gasteiger partial charge on any atom is 0.219 e. The Morgan fingerprint density at radius 1 is 1.10 bits per heavy atom. The van der Waals surface area contributed by atoms with Crippen LogP contribution in [-0.2, 0) is 6.54 Å². The lowest BCUT2D eigenvalue weighted by molar-refractivity contribution is 0.466. The molecule has 0 aliphatic carbocycles. The molecule has 0 fully saturated rings. The topological polar surface area (TPSA) is 61.0 Å². The summed E-state index contributed by atoms with van der Waals surface area (Å²) in [5.74, 6) is 1.17. The van der Waals surface area contributed by atoms with E-state index in [9.17, 15) is 0 Å². The molecule has 4 nitrogen and oxygen atoms in total. The van der Waals surface area contributed by atoms with Gasteiger partial charge in [0.1, 0.15) is 5.75 Å². The van der Waals surface area contributed by atoms with Crippen LogP contribution in [0.15, 0.2) is 48.7 Å². The highest BCUT2D eigenvalue weighted by atomic mass is 35.5. The molecule has 0 atom stereocenters. The zero-order valence-electron chi connectivity index (χ0n) is 10.6. The van der Waals surface area contributed by atoms with Crippen molar-refractivity contribution in [3.8, 4) is 11.6 Å². The van der Waals surface area contributed by atoms with Crippen molar-refractivity contribution in [2.45, 2.75) is 6.54 Å². The van der Waals surface area contributed by atoms with Crippen molar-refractivity contribution in [1.82, 2.24) is 9.97 Å². The van der Waals surface area contributed by atoms with Gasteiger partial charge >= 0.3 is 0 Å². The van der Waals surface area contributed by atoms with E-state index in [-0.39, 0.29) is 6.54 Å². The second kappa shape index (κ2) is 5.45. The van der Waals surface area contributed by atoms with Crippen molar-refractivity contribution in [3.05, 3.63) is 59.4 Å². The first-order chi connectivity index (χ1) is 9.78. The Hall–Kier alpha value is -2.17. The summed E-state index contributed by atoms with van der Waals surface area (Å²) in [5, 5.41) is 1.47. The molecule has 2 aromatic heterocycles. The number of aromatic nitrogens is 2. The molecule has 0 aliphatic heterocycles. The summed E-state index contributed by atoms with van der Waals surface area (Å²) < 4.78 is 5.82. The largest absolute Gasteiger partial charge is 0.438 e. The van der Waals surface area contributed by atoms with Crippen LogP contribution in [0.2, 0.25) is 5.02 Å².